The van der Waals surface area contributed by atoms with Crippen LogP contribution in [0.15, 0.2) is 66.7 Å². The van der Waals surface area contributed by atoms with Crippen molar-refractivity contribution in [3.8, 4) is 5.75 Å². The van der Waals surface area contributed by atoms with Gasteiger partial charge in [0.25, 0.3) is 5.91 Å². The summed E-state index contributed by atoms with van der Waals surface area (Å²) < 4.78 is 5.81. The molecule has 0 heterocycles. The Bertz CT molecular complexity index is 1020. The lowest BCUT2D eigenvalue weighted by Gasteiger charge is -2.12. The monoisotopic (exact) mass is 414 g/mol. The largest absolute Gasteiger partial charge is 0.488 e. The number of nitrogens with two attached hydrogens (primary N) is 1. The van der Waals surface area contributed by atoms with Crippen LogP contribution < -0.4 is 15.8 Å². The Balaban J connectivity index is 1.74. The minimum atomic E-state index is -0.635. The van der Waals surface area contributed by atoms with Crippen LogP contribution in [0.3, 0.4) is 0 Å². The molecule has 28 heavy (non-hydrogen) atoms. The van der Waals surface area contributed by atoms with E-state index in [0.717, 1.165) is 5.56 Å². The van der Waals surface area contributed by atoms with Crippen LogP contribution in [0, 0.1) is 0 Å². The van der Waals surface area contributed by atoms with Gasteiger partial charge in [-0.3, -0.25) is 9.59 Å². The van der Waals surface area contributed by atoms with Crippen LogP contribution in [-0.4, -0.2) is 11.8 Å². The highest BCUT2D eigenvalue weighted by molar-refractivity contribution is 6.34. The lowest BCUT2D eigenvalue weighted by atomic mass is 10.1. The van der Waals surface area contributed by atoms with Crippen LogP contribution in [0.2, 0.25) is 10.0 Å². The highest BCUT2D eigenvalue weighted by Gasteiger charge is 2.14. The summed E-state index contributed by atoms with van der Waals surface area (Å²) in [7, 11) is 0. The molecule has 2 amide bonds. The van der Waals surface area contributed by atoms with Crippen molar-refractivity contribution in [2.75, 3.05) is 5.32 Å². The Morgan fingerprint density at radius 1 is 0.929 bits per heavy atom. The number of rotatable bonds is 6. The molecule has 0 radical (unpaired) electrons. The molecule has 5 nitrogen and oxygen atoms in total. The molecule has 3 aromatic carbocycles. The van der Waals surface area contributed by atoms with Gasteiger partial charge < -0.3 is 15.8 Å². The van der Waals surface area contributed by atoms with E-state index >= 15 is 0 Å². The third kappa shape index (κ3) is 4.82. The lowest BCUT2D eigenvalue weighted by molar-refractivity contribution is 0.0998. The highest BCUT2D eigenvalue weighted by atomic mass is 35.5. The number of hydrogen-bond donors (Lipinski definition) is 2. The van der Waals surface area contributed by atoms with Crippen LogP contribution in [-0.2, 0) is 6.61 Å². The third-order valence-electron chi connectivity index (χ3n) is 3.93. The number of nitrogens with one attached hydrogen (secondary N) is 1. The number of para-hydroxylation sites is 1. The number of primary amides is 1. The van der Waals surface area contributed by atoms with Crippen molar-refractivity contribution in [3.05, 3.63) is 93.5 Å². The average molecular weight is 415 g/mol. The average Bonchev–Trinajstić information content (AvgIpc) is 2.67. The molecule has 0 unspecified atom stereocenters. The second-order valence-corrected chi connectivity index (χ2v) is 6.77. The van der Waals surface area contributed by atoms with Crippen LogP contribution in [0.1, 0.15) is 26.3 Å². The molecular weight excluding hydrogens is 399 g/mol. The molecule has 0 atom stereocenters. The zero-order chi connectivity index (χ0) is 20.1. The fraction of sp³-hybridized carbons (Fsp3) is 0.0476. The van der Waals surface area contributed by atoms with Gasteiger partial charge in [0.05, 0.1) is 16.1 Å². The molecule has 0 saturated heterocycles. The van der Waals surface area contributed by atoms with E-state index in [1.54, 1.807) is 42.5 Å². The first-order valence-electron chi connectivity index (χ1n) is 8.31. The van der Waals surface area contributed by atoms with Crippen molar-refractivity contribution < 1.29 is 14.3 Å². The van der Waals surface area contributed by atoms with Crippen molar-refractivity contribution >= 4 is 40.7 Å². The van der Waals surface area contributed by atoms with Crippen LogP contribution in [0.5, 0.6) is 5.75 Å². The van der Waals surface area contributed by atoms with E-state index in [2.05, 4.69) is 5.32 Å². The summed E-state index contributed by atoms with van der Waals surface area (Å²) in [6, 6.07) is 18.7. The second-order valence-electron chi connectivity index (χ2n) is 5.92. The molecule has 0 aromatic heterocycles. The van der Waals surface area contributed by atoms with E-state index in [-0.39, 0.29) is 16.5 Å². The van der Waals surface area contributed by atoms with E-state index in [1.165, 1.54) is 12.1 Å². The minimum absolute atomic E-state index is 0.164. The summed E-state index contributed by atoms with van der Waals surface area (Å²) in [6.07, 6.45) is 0. The predicted octanol–water partition coefficient (Wildman–Crippen LogP) is 4.92. The Kier molecular flexibility index (Phi) is 6.19. The molecule has 0 saturated carbocycles. The van der Waals surface area contributed by atoms with Crippen LogP contribution in [0.25, 0.3) is 0 Å². The third-order valence-corrected chi connectivity index (χ3v) is 4.50. The maximum Gasteiger partial charge on any atom is 0.259 e. The molecular formula is C21H16Cl2N2O3. The van der Waals surface area contributed by atoms with Crippen LogP contribution in [0.4, 0.5) is 5.69 Å². The Hall–Kier alpha value is -3.02. The summed E-state index contributed by atoms with van der Waals surface area (Å²) in [4.78, 5) is 23.9. The van der Waals surface area contributed by atoms with Gasteiger partial charge in [0.1, 0.15) is 12.4 Å². The maximum absolute atomic E-state index is 12.7. The smallest absolute Gasteiger partial charge is 0.259 e. The first-order chi connectivity index (χ1) is 13.4. The topological polar surface area (TPSA) is 81.4 Å². The fourth-order valence-electron chi connectivity index (χ4n) is 2.51. The number of carbonyl (C=O) groups is 2. The highest BCUT2D eigenvalue weighted by Crippen LogP contribution is 2.24. The Morgan fingerprint density at radius 3 is 2.32 bits per heavy atom. The lowest BCUT2D eigenvalue weighted by Crippen LogP contribution is -2.15. The molecule has 0 aliphatic heterocycles. The molecule has 3 aromatic rings. The van der Waals surface area contributed by atoms with Crippen molar-refractivity contribution in [3.63, 3.8) is 0 Å². The van der Waals surface area contributed by atoms with Gasteiger partial charge in [0.2, 0.25) is 5.91 Å². The molecule has 3 N–H and O–H groups in total. The van der Waals surface area contributed by atoms with E-state index in [4.69, 9.17) is 33.7 Å². The zero-order valence-electron chi connectivity index (χ0n) is 14.6. The van der Waals surface area contributed by atoms with Gasteiger partial charge in [-0.05, 0) is 48.0 Å². The predicted molar refractivity (Wildman–Crippen MR) is 110 cm³/mol. The van der Waals surface area contributed by atoms with Gasteiger partial charge in [-0.25, -0.2) is 0 Å². The van der Waals surface area contributed by atoms with Gasteiger partial charge in [-0.2, -0.15) is 0 Å². The quantitative estimate of drug-likeness (QED) is 0.600. The summed E-state index contributed by atoms with van der Waals surface area (Å²) in [5, 5.41) is 3.55. The number of ether oxygens (including phenoxy) is 1. The molecule has 0 fully saturated rings. The van der Waals surface area contributed by atoms with Gasteiger partial charge in [0, 0.05) is 10.7 Å². The first-order valence-corrected chi connectivity index (χ1v) is 9.06. The van der Waals surface area contributed by atoms with Crippen molar-refractivity contribution in [2.45, 2.75) is 6.61 Å². The molecule has 0 spiro atoms. The number of anilines is 1. The number of hydrogen-bond acceptors (Lipinski definition) is 3. The van der Waals surface area contributed by atoms with Crippen LogP contribution >= 0.6 is 23.2 Å². The summed E-state index contributed by atoms with van der Waals surface area (Å²) in [5.41, 5.74) is 7.15. The number of benzene rings is 3. The SMILES string of the molecule is NC(=O)c1ccc(NC(=O)c2ccccc2OCc2ccc(Cl)cc2)cc1Cl. The zero-order valence-corrected chi connectivity index (χ0v) is 16.1. The van der Waals surface area contributed by atoms with Crippen molar-refractivity contribution in [1.29, 1.82) is 0 Å². The number of amides is 2. The summed E-state index contributed by atoms with van der Waals surface area (Å²) in [5.74, 6) is -0.562. The second kappa shape index (κ2) is 8.78. The molecule has 0 aliphatic carbocycles. The summed E-state index contributed by atoms with van der Waals surface area (Å²) in [6.45, 7) is 0.292. The standard InChI is InChI=1S/C21H16Cl2N2O3/c22-14-7-5-13(6-8-14)12-28-19-4-2-1-3-17(19)21(27)25-15-9-10-16(20(24)26)18(23)11-15/h1-11H,12H2,(H2,24,26)(H,25,27). The summed E-state index contributed by atoms with van der Waals surface area (Å²) >= 11 is 11.9. The van der Waals surface area contributed by atoms with E-state index in [1.807, 2.05) is 12.1 Å². The van der Waals surface area contributed by atoms with Gasteiger partial charge >= 0.3 is 0 Å². The Morgan fingerprint density at radius 2 is 1.64 bits per heavy atom. The molecule has 142 valence electrons. The molecule has 3 rings (SSSR count). The fourth-order valence-corrected chi connectivity index (χ4v) is 2.91. The minimum Gasteiger partial charge on any atom is -0.488 e. The first kappa shape index (κ1) is 19.7. The van der Waals surface area contributed by atoms with Gasteiger partial charge in [-0.15, -0.1) is 0 Å². The van der Waals surface area contributed by atoms with Crippen molar-refractivity contribution in [1.82, 2.24) is 0 Å². The normalized spacial score (nSPS) is 10.4. The number of halogens is 2. The Labute approximate surface area is 172 Å². The molecule has 0 bridgehead atoms. The van der Waals surface area contributed by atoms with E-state index in [9.17, 15) is 9.59 Å². The number of carbonyl (C=O) groups excluding carboxylic acids is 2. The van der Waals surface area contributed by atoms with Crippen molar-refractivity contribution in [2.24, 2.45) is 5.73 Å². The maximum atomic E-state index is 12.7. The molecule has 0 aliphatic rings. The molecule has 7 heteroatoms. The van der Waals surface area contributed by atoms with E-state index < -0.39 is 5.91 Å². The van der Waals surface area contributed by atoms with E-state index in [0.29, 0.717) is 28.6 Å². The van der Waals surface area contributed by atoms with Gasteiger partial charge in [0.15, 0.2) is 0 Å². The van der Waals surface area contributed by atoms with Gasteiger partial charge in [-0.1, -0.05) is 47.5 Å².